The largest absolute Gasteiger partial charge is 0.435 e. The SMILES string of the molecule is CC(=Cc1ccc(OC(F)F)cc1)CN. The molecule has 0 aliphatic rings. The van der Waals surface area contributed by atoms with Crippen molar-refractivity contribution in [2.24, 2.45) is 5.73 Å². The van der Waals surface area contributed by atoms with Gasteiger partial charge in [-0.05, 0) is 24.6 Å². The maximum absolute atomic E-state index is 11.8. The highest BCUT2D eigenvalue weighted by molar-refractivity contribution is 5.53. The molecule has 0 heterocycles. The molecule has 0 amide bonds. The van der Waals surface area contributed by atoms with Crippen LogP contribution in [0, 0.1) is 0 Å². The molecule has 15 heavy (non-hydrogen) atoms. The minimum Gasteiger partial charge on any atom is -0.435 e. The van der Waals surface area contributed by atoms with Gasteiger partial charge in [0.25, 0.3) is 0 Å². The number of nitrogens with two attached hydrogens (primary N) is 1. The Hall–Kier alpha value is -1.42. The summed E-state index contributed by atoms with van der Waals surface area (Å²) in [6, 6.07) is 6.41. The van der Waals surface area contributed by atoms with Crippen molar-refractivity contribution >= 4 is 6.08 Å². The van der Waals surface area contributed by atoms with Gasteiger partial charge in [-0.2, -0.15) is 8.78 Å². The number of hydrogen-bond acceptors (Lipinski definition) is 2. The first kappa shape index (κ1) is 11.7. The molecule has 1 aromatic rings. The minimum absolute atomic E-state index is 0.160. The summed E-state index contributed by atoms with van der Waals surface area (Å²) in [7, 11) is 0. The molecule has 0 aliphatic carbocycles. The van der Waals surface area contributed by atoms with Crippen LogP contribution in [0.25, 0.3) is 6.08 Å². The molecule has 1 aromatic carbocycles. The zero-order chi connectivity index (χ0) is 11.3. The van der Waals surface area contributed by atoms with E-state index in [-0.39, 0.29) is 5.75 Å². The van der Waals surface area contributed by atoms with Gasteiger partial charge < -0.3 is 10.5 Å². The highest BCUT2D eigenvalue weighted by Gasteiger charge is 2.02. The lowest BCUT2D eigenvalue weighted by atomic mass is 10.1. The first-order valence-corrected chi connectivity index (χ1v) is 4.54. The first-order chi connectivity index (χ1) is 7.11. The van der Waals surface area contributed by atoms with Gasteiger partial charge in [0.1, 0.15) is 5.75 Å². The topological polar surface area (TPSA) is 35.2 Å². The molecule has 0 aliphatic heterocycles. The van der Waals surface area contributed by atoms with Gasteiger partial charge in [-0.15, -0.1) is 0 Å². The van der Waals surface area contributed by atoms with E-state index in [4.69, 9.17) is 5.73 Å². The summed E-state index contributed by atoms with van der Waals surface area (Å²) in [5.74, 6) is 0.160. The molecule has 1 rings (SSSR count). The average molecular weight is 213 g/mol. The Balaban J connectivity index is 2.72. The second kappa shape index (κ2) is 5.46. The molecule has 0 radical (unpaired) electrons. The van der Waals surface area contributed by atoms with Crippen molar-refractivity contribution in [3.8, 4) is 5.75 Å². The van der Waals surface area contributed by atoms with Gasteiger partial charge in [-0.1, -0.05) is 23.8 Å². The third-order valence-electron chi connectivity index (χ3n) is 1.84. The zero-order valence-electron chi connectivity index (χ0n) is 8.41. The third kappa shape index (κ3) is 4.08. The van der Waals surface area contributed by atoms with Crippen molar-refractivity contribution in [2.45, 2.75) is 13.5 Å². The normalized spacial score (nSPS) is 11.9. The molecule has 0 spiro atoms. The maximum Gasteiger partial charge on any atom is 0.387 e. The molecule has 4 heteroatoms. The van der Waals surface area contributed by atoms with Gasteiger partial charge in [0.05, 0.1) is 0 Å². The smallest absolute Gasteiger partial charge is 0.387 e. The monoisotopic (exact) mass is 213 g/mol. The number of rotatable bonds is 4. The maximum atomic E-state index is 11.8. The lowest BCUT2D eigenvalue weighted by Crippen LogP contribution is -2.01. The zero-order valence-corrected chi connectivity index (χ0v) is 8.41. The van der Waals surface area contributed by atoms with Crippen LogP contribution in [0.5, 0.6) is 5.75 Å². The van der Waals surface area contributed by atoms with Crippen molar-refractivity contribution in [1.29, 1.82) is 0 Å². The van der Waals surface area contributed by atoms with E-state index in [0.29, 0.717) is 6.54 Å². The van der Waals surface area contributed by atoms with Crippen molar-refractivity contribution in [3.05, 3.63) is 35.4 Å². The Morgan fingerprint density at radius 3 is 2.47 bits per heavy atom. The second-order valence-corrected chi connectivity index (χ2v) is 3.14. The first-order valence-electron chi connectivity index (χ1n) is 4.54. The van der Waals surface area contributed by atoms with Crippen LogP contribution in [-0.2, 0) is 0 Å². The van der Waals surface area contributed by atoms with Crippen LogP contribution in [-0.4, -0.2) is 13.2 Å². The van der Waals surface area contributed by atoms with Crippen molar-refractivity contribution < 1.29 is 13.5 Å². The van der Waals surface area contributed by atoms with Gasteiger partial charge in [0, 0.05) is 6.54 Å². The van der Waals surface area contributed by atoms with E-state index in [2.05, 4.69) is 4.74 Å². The molecule has 82 valence electrons. The fraction of sp³-hybridized carbons (Fsp3) is 0.273. The second-order valence-electron chi connectivity index (χ2n) is 3.14. The fourth-order valence-corrected chi connectivity index (χ4v) is 1.09. The van der Waals surface area contributed by atoms with Gasteiger partial charge in [-0.3, -0.25) is 0 Å². The summed E-state index contributed by atoms with van der Waals surface area (Å²) in [4.78, 5) is 0. The summed E-state index contributed by atoms with van der Waals surface area (Å²) in [6.45, 7) is -0.393. The fourth-order valence-electron chi connectivity index (χ4n) is 1.09. The number of alkyl halides is 2. The van der Waals surface area contributed by atoms with E-state index in [1.807, 2.05) is 13.0 Å². The standard InChI is InChI=1S/C11H13F2NO/c1-8(7-14)6-9-2-4-10(5-3-9)15-11(12)13/h2-6,11H,7,14H2,1H3. The third-order valence-corrected chi connectivity index (χ3v) is 1.84. The Labute approximate surface area is 87.4 Å². The Morgan fingerprint density at radius 2 is 2.00 bits per heavy atom. The summed E-state index contributed by atoms with van der Waals surface area (Å²) in [5, 5.41) is 0. The Morgan fingerprint density at radius 1 is 1.40 bits per heavy atom. The van der Waals surface area contributed by atoms with Crippen LogP contribution in [0.4, 0.5) is 8.78 Å². The van der Waals surface area contributed by atoms with Gasteiger partial charge in [0.2, 0.25) is 0 Å². The molecule has 2 N–H and O–H groups in total. The van der Waals surface area contributed by atoms with E-state index in [1.165, 1.54) is 12.1 Å². The van der Waals surface area contributed by atoms with Crippen LogP contribution >= 0.6 is 0 Å². The predicted molar refractivity (Wildman–Crippen MR) is 55.8 cm³/mol. The summed E-state index contributed by atoms with van der Waals surface area (Å²) >= 11 is 0. The highest BCUT2D eigenvalue weighted by Crippen LogP contribution is 2.16. The highest BCUT2D eigenvalue weighted by atomic mass is 19.3. The van der Waals surface area contributed by atoms with E-state index in [9.17, 15) is 8.78 Å². The van der Waals surface area contributed by atoms with Gasteiger partial charge >= 0.3 is 6.61 Å². The van der Waals surface area contributed by atoms with Crippen LogP contribution in [0.15, 0.2) is 29.8 Å². The average Bonchev–Trinajstić information content (AvgIpc) is 2.20. The molecule has 2 nitrogen and oxygen atoms in total. The van der Waals surface area contributed by atoms with E-state index >= 15 is 0 Å². The molecular formula is C11H13F2NO. The van der Waals surface area contributed by atoms with E-state index in [0.717, 1.165) is 11.1 Å². The van der Waals surface area contributed by atoms with Crippen molar-refractivity contribution in [2.75, 3.05) is 6.54 Å². The molecule has 0 aromatic heterocycles. The summed E-state index contributed by atoms with van der Waals surface area (Å²) < 4.78 is 27.9. The summed E-state index contributed by atoms with van der Waals surface area (Å²) in [5.41, 5.74) is 7.37. The molecule has 0 saturated heterocycles. The lowest BCUT2D eigenvalue weighted by molar-refractivity contribution is -0.0498. The number of ether oxygens (including phenoxy) is 1. The molecule has 0 atom stereocenters. The molecule has 0 fully saturated rings. The Kier molecular flexibility index (Phi) is 4.24. The lowest BCUT2D eigenvalue weighted by Gasteiger charge is -2.04. The van der Waals surface area contributed by atoms with E-state index < -0.39 is 6.61 Å². The number of halogens is 2. The van der Waals surface area contributed by atoms with Crippen LogP contribution in [0.3, 0.4) is 0 Å². The van der Waals surface area contributed by atoms with Gasteiger partial charge in [-0.25, -0.2) is 0 Å². The van der Waals surface area contributed by atoms with Crippen LogP contribution < -0.4 is 10.5 Å². The van der Waals surface area contributed by atoms with Crippen molar-refractivity contribution in [3.63, 3.8) is 0 Å². The molecule has 0 saturated carbocycles. The van der Waals surface area contributed by atoms with Gasteiger partial charge in [0.15, 0.2) is 0 Å². The molecule has 0 bridgehead atoms. The van der Waals surface area contributed by atoms with Crippen LogP contribution in [0.1, 0.15) is 12.5 Å². The quantitative estimate of drug-likeness (QED) is 0.834. The van der Waals surface area contributed by atoms with Crippen molar-refractivity contribution in [1.82, 2.24) is 0 Å². The number of hydrogen-bond donors (Lipinski definition) is 1. The predicted octanol–water partition coefficient (Wildman–Crippen LogP) is 2.65. The summed E-state index contributed by atoms with van der Waals surface area (Å²) in [6.07, 6.45) is 1.89. The Bertz CT molecular complexity index is 333. The minimum atomic E-state index is -2.78. The molecule has 0 unspecified atom stereocenters. The number of benzene rings is 1. The van der Waals surface area contributed by atoms with Crippen LogP contribution in [0.2, 0.25) is 0 Å². The molecular weight excluding hydrogens is 200 g/mol. The van der Waals surface area contributed by atoms with E-state index in [1.54, 1.807) is 12.1 Å².